The van der Waals surface area contributed by atoms with E-state index in [2.05, 4.69) is 24.1 Å². The van der Waals surface area contributed by atoms with Crippen LogP contribution in [0.5, 0.6) is 5.75 Å². The lowest BCUT2D eigenvalue weighted by atomic mass is 9.63. The van der Waals surface area contributed by atoms with Crippen LogP contribution >= 0.6 is 11.3 Å². The molecule has 23 heavy (non-hydrogen) atoms. The zero-order chi connectivity index (χ0) is 16.4. The van der Waals surface area contributed by atoms with E-state index in [0.29, 0.717) is 11.0 Å². The Balaban J connectivity index is 1.86. The highest BCUT2D eigenvalue weighted by Crippen LogP contribution is 2.47. The number of carbonyl (C=O) groups excluding carboxylic acids is 1. The van der Waals surface area contributed by atoms with Crippen LogP contribution in [0.25, 0.3) is 0 Å². The molecule has 2 aromatic rings. The molecule has 3 rings (SSSR count). The second-order valence-electron chi connectivity index (χ2n) is 6.32. The van der Waals surface area contributed by atoms with Gasteiger partial charge in [-0.3, -0.25) is 4.79 Å². The summed E-state index contributed by atoms with van der Waals surface area (Å²) < 4.78 is 5.47. The summed E-state index contributed by atoms with van der Waals surface area (Å²) in [5, 5.41) is 5.71. The fraction of sp³-hybridized carbons (Fsp3) is 0.444. The molecule has 1 aromatic heterocycles. The van der Waals surface area contributed by atoms with Crippen molar-refractivity contribution >= 4 is 22.4 Å². The molecule has 0 atom stereocenters. The summed E-state index contributed by atoms with van der Waals surface area (Å²) >= 11 is 1.49. The van der Waals surface area contributed by atoms with E-state index in [4.69, 9.17) is 4.74 Å². The number of aromatic nitrogens is 1. The van der Waals surface area contributed by atoms with Gasteiger partial charge in [-0.25, -0.2) is 4.98 Å². The predicted octanol–water partition coefficient (Wildman–Crippen LogP) is 4.34. The number of rotatable bonds is 5. The lowest BCUT2D eigenvalue weighted by Gasteiger charge is -2.41. The number of hydrogen-bond acceptors (Lipinski definition) is 4. The second kappa shape index (κ2) is 6.32. The molecule has 1 fully saturated rings. The molecule has 4 nitrogen and oxygen atoms in total. The number of ether oxygens (including phenoxy) is 1. The Labute approximate surface area is 140 Å². The van der Waals surface area contributed by atoms with Crippen LogP contribution in [0.1, 0.15) is 50.3 Å². The quantitative estimate of drug-likeness (QED) is 0.887. The molecule has 1 N–H and O–H groups in total. The molecular weight excluding hydrogens is 308 g/mol. The number of carbonyl (C=O) groups is 1. The normalized spacial score (nSPS) is 16.0. The molecule has 1 saturated carbocycles. The molecule has 1 aliphatic rings. The smallest absolute Gasteiger partial charge is 0.236 e. The highest BCUT2D eigenvalue weighted by Gasteiger charge is 2.47. The zero-order valence-corrected chi connectivity index (χ0v) is 14.6. The molecule has 0 spiro atoms. The first kappa shape index (κ1) is 16.0. The average molecular weight is 330 g/mol. The van der Waals surface area contributed by atoms with Crippen molar-refractivity contribution in [3.05, 3.63) is 40.9 Å². The van der Waals surface area contributed by atoms with Crippen molar-refractivity contribution in [1.29, 1.82) is 0 Å². The van der Waals surface area contributed by atoms with Crippen LogP contribution in [0.2, 0.25) is 0 Å². The number of methoxy groups -OCH3 is 1. The summed E-state index contributed by atoms with van der Waals surface area (Å²) in [6.45, 7) is 4.20. The van der Waals surface area contributed by atoms with Gasteiger partial charge in [0.05, 0.1) is 18.2 Å². The SMILES string of the molecule is COc1ccccc1C1(C(=O)Nc2nc(C(C)C)cs2)CCC1. The number of benzene rings is 1. The Morgan fingerprint density at radius 1 is 1.35 bits per heavy atom. The van der Waals surface area contributed by atoms with Gasteiger partial charge in [-0.05, 0) is 24.8 Å². The van der Waals surface area contributed by atoms with Crippen LogP contribution in [0, 0.1) is 0 Å². The molecule has 5 heteroatoms. The van der Waals surface area contributed by atoms with Gasteiger partial charge < -0.3 is 10.1 Å². The number of nitrogens with zero attached hydrogens (tertiary/aromatic N) is 1. The van der Waals surface area contributed by atoms with E-state index >= 15 is 0 Å². The molecule has 1 aromatic carbocycles. The van der Waals surface area contributed by atoms with Crippen molar-refractivity contribution in [2.75, 3.05) is 12.4 Å². The molecule has 1 heterocycles. The van der Waals surface area contributed by atoms with Crippen LogP contribution in [0.15, 0.2) is 29.6 Å². The molecule has 1 amide bonds. The summed E-state index contributed by atoms with van der Waals surface area (Å²) in [5.41, 5.74) is 1.51. The monoisotopic (exact) mass is 330 g/mol. The first-order valence-corrected chi connectivity index (χ1v) is 8.85. The maximum Gasteiger partial charge on any atom is 0.236 e. The van der Waals surface area contributed by atoms with Crippen molar-refractivity contribution in [2.24, 2.45) is 0 Å². The maximum atomic E-state index is 13.0. The minimum Gasteiger partial charge on any atom is -0.496 e. The van der Waals surface area contributed by atoms with Gasteiger partial charge in [0.25, 0.3) is 0 Å². The van der Waals surface area contributed by atoms with Crippen LogP contribution in [-0.4, -0.2) is 18.0 Å². The van der Waals surface area contributed by atoms with Crippen LogP contribution < -0.4 is 10.1 Å². The van der Waals surface area contributed by atoms with Crippen molar-refractivity contribution in [2.45, 2.75) is 44.4 Å². The first-order chi connectivity index (χ1) is 11.1. The Kier molecular flexibility index (Phi) is 4.39. The number of para-hydroxylation sites is 1. The Bertz CT molecular complexity index is 705. The van der Waals surface area contributed by atoms with Gasteiger partial charge in [-0.2, -0.15) is 0 Å². The van der Waals surface area contributed by atoms with Gasteiger partial charge in [0.15, 0.2) is 5.13 Å². The molecule has 122 valence electrons. The Hall–Kier alpha value is -1.88. The van der Waals surface area contributed by atoms with Gasteiger partial charge in [0.1, 0.15) is 5.75 Å². The molecule has 0 bridgehead atoms. The van der Waals surface area contributed by atoms with Gasteiger partial charge in [0.2, 0.25) is 5.91 Å². The molecule has 0 radical (unpaired) electrons. The van der Waals surface area contributed by atoms with E-state index < -0.39 is 5.41 Å². The third-order valence-electron chi connectivity index (χ3n) is 4.60. The van der Waals surface area contributed by atoms with Crippen LogP contribution in [0.4, 0.5) is 5.13 Å². The topological polar surface area (TPSA) is 51.2 Å². The first-order valence-electron chi connectivity index (χ1n) is 7.97. The van der Waals surface area contributed by atoms with Crippen molar-refractivity contribution in [3.63, 3.8) is 0 Å². The molecular formula is C18H22N2O2S. The molecule has 0 unspecified atom stereocenters. The van der Waals surface area contributed by atoms with Crippen molar-refractivity contribution in [1.82, 2.24) is 4.98 Å². The summed E-state index contributed by atoms with van der Waals surface area (Å²) in [7, 11) is 1.65. The standard InChI is InChI=1S/C18H22N2O2S/c1-12(2)14-11-23-17(19-14)20-16(21)18(9-6-10-18)13-7-4-5-8-15(13)22-3/h4-5,7-8,11-12H,6,9-10H2,1-3H3,(H,19,20,21). The highest BCUT2D eigenvalue weighted by molar-refractivity contribution is 7.13. The molecule has 0 saturated heterocycles. The van der Waals surface area contributed by atoms with E-state index in [1.807, 2.05) is 29.6 Å². The number of nitrogens with one attached hydrogen (secondary N) is 1. The Morgan fingerprint density at radius 3 is 2.65 bits per heavy atom. The Morgan fingerprint density at radius 2 is 2.09 bits per heavy atom. The van der Waals surface area contributed by atoms with Crippen molar-refractivity contribution < 1.29 is 9.53 Å². The minimum absolute atomic E-state index is 0.0258. The van der Waals surface area contributed by atoms with Crippen LogP contribution in [-0.2, 0) is 10.2 Å². The average Bonchev–Trinajstić information content (AvgIpc) is 2.95. The third-order valence-corrected chi connectivity index (χ3v) is 5.37. The summed E-state index contributed by atoms with van der Waals surface area (Å²) in [5.74, 6) is 1.17. The second-order valence-corrected chi connectivity index (χ2v) is 7.18. The van der Waals surface area contributed by atoms with Gasteiger partial charge in [0, 0.05) is 10.9 Å². The zero-order valence-electron chi connectivity index (χ0n) is 13.8. The van der Waals surface area contributed by atoms with Crippen LogP contribution in [0.3, 0.4) is 0 Å². The lowest BCUT2D eigenvalue weighted by molar-refractivity contribution is -0.124. The van der Waals surface area contributed by atoms with Gasteiger partial charge in [-0.15, -0.1) is 11.3 Å². The highest BCUT2D eigenvalue weighted by atomic mass is 32.1. The number of anilines is 1. The van der Waals surface area contributed by atoms with Gasteiger partial charge in [-0.1, -0.05) is 38.5 Å². The molecule has 1 aliphatic carbocycles. The van der Waals surface area contributed by atoms with E-state index in [1.165, 1.54) is 11.3 Å². The van der Waals surface area contributed by atoms with E-state index in [0.717, 1.165) is 36.3 Å². The fourth-order valence-electron chi connectivity index (χ4n) is 3.01. The largest absolute Gasteiger partial charge is 0.496 e. The predicted molar refractivity (Wildman–Crippen MR) is 93.4 cm³/mol. The molecule has 0 aliphatic heterocycles. The van der Waals surface area contributed by atoms with Gasteiger partial charge >= 0.3 is 0 Å². The van der Waals surface area contributed by atoms with E-state index in [9.17, 15) is 4.79 Å². The van der Waals surface area contributed by atoms with E-state index in [1.54, 1.807) is 7.11 Å². The third kappa shape index (κ3) is 2.85. The fourth-order valence-corrected chi connectivity index (χ4v) is 3.88. The lowest BCUT2D eigenvalue weighted by Crippen LogP contribution is -2.46. The van der Waals surface area contributed by atoms with Crippen molar-refractivity contribution in [3.8, 4) is 5.75 Å². The summed E-state index contributed by atoms with van der Waals surface area (Å²) in [4.78, 5) is 17.5. The van der Waals surface area contributed by atoms with E-state index in [-0.39, 0.29) is 5.91 Å². The minimum atomic E-state index is -0.490. The summed E-state index contributed by atoms with van der Waals surface area (Å²) in [6, 6.07) is 7.82. The number of amides is 1. The number of thiazole rings is 1. The summed E-state index contributed by atoms with van der Waals surface area (Å²) in [6.07, 6.45) is 2.75. The maximum absolute atomic E-state index is 13.0. The number of hydrogen-bond donors (Lipinski definition) is 1.